The molecule has 4 rings (SSSR count). The van der Waals surface area contributed by atoms with Crippen molar-refractivity contribution < 1.29 is 19.1 Å². The first-order chi connectivity index (χ1) is 17.9. The van der Waals surface area contributed by atoms with Crippen LogP contribution in [0.1, 0.15) is 57.6 Å². The van der Waals surface area contributed by atoms with Crippen LogP contribution in [0.15, 0.2) is 48.5 Å². The summed E-state index contributed by atoms with van der Waals surface area (Å²) in [6.07, 6.45) is 2.82. The summed E-state index contributed by atoms with van der Waals surface area (Å²) in [5.41, 5.74) is 1.50. The molecule has 2 saturated heterocycles. The summed E-state index contributed by atoms with van der Waals surface area (Å²) in [4.78, 5) is 31.0. The van der Waals surface area contributed by atoms with Crippen LogP contribution in [0.3, 0.4) is 0 Å². The molecule has 7 nitrogen and oxygen atoms in total. The van der Waals surface area contributed by atoms with Crippen LogP contribution in [0.5, 0.6) is 11.5 Å². The zero-order chi connectivity index (χ0) is 26.4. The highest BCUT2D eigenvalue weighted by molar-refractivity contribution is 6.00. The second kappa shape index (κ2) is 12.0. The van der Waals surface area contributed by atoms with E-state index in [4.69, 9.17) is 9.47 Å². The molecule has 2 aromatic rings. The molecule has 2 fully saturated rings. The van der Waals surface area contributed by atoms with Gasteiger partial charge >= 0.3 is 0 Å². The molecule has 1 spiro atoms. The Morgan fingerprint density at radius 3 is 2.41 bits per heavy atom. The number of nitrogens with zero attached hydrogens (tertiary/aromatic N) is 2. The molecule has 0 saturated carbocycles. The van der Waals surface area contributed by atoms with Gasteiger partial charge in [-0.2, -0.15) is 0 Å². The van der Waals surface area contributed by atoms with Crippen molar-refractivity contribution in [3.63, 3.8) is 0 Å². The van der Waals surface area contributed by atoms with Gasteiger partial charge in [0.2, 0.25) is 11.8 Å². The molecule has 1 unspecified atom stereocenters. The van der Waals surface area contributed by atoms with Crippen molar-refractivity contribution in [1.29, 1.82) is 0 Å². The van der Waals surface area contributed by atoms with E-state index in [1.54, 1.807) is 7.11 Å². The van der Waals surface area contributed by atoms with Crippen molar-refractivity contribution in [1.82, 2.24) is 15.1 Å². The third-order valence-electron chi connectivity index (χ3n) is 7.52. The number of hydrogen-bond donors (Lipinski definition) is 1. The minimum atomic E-state index is -0.732. The van der Waals surface area contributed by atoms with E-state index in [2.05, 4.69) is 37.1 Å². The smallest absolute Gasteiger partial charge is 0.246 e. The highest BCUT2D eigenvalue weighted by atomic mass is 16.5. The number of carbonyl (C=O) groups excluding carboxylic acids is 2. The van der Waals surface area contributed by atoms with Gasteiger partial charge in [0.05, 0.1) is 7.11 Å². The lowest BCUT2D eigenvalue weighted by Gasteiger charge is -2.52. The monoisotopic (exact) mass is 507 g/mol. The average molecular weight is 508 g/mol. The summed E-state index contributed by atoms with van der Waals surface area (Å²) in [6.45, 7) is 9.62. The predicted molar refractivity (Wildman–Crippen MR) is 144 cm³/mol. The molecule has 2 aromatic carbocycles. The van der Waals surface area contributed by atoms with E-state index in [9.17, 15) is 9.59 Å². The third-order valence-corrected chi connectivity index (χ3v) is 7.52. The van der Waals surface area contributed by atoms with Gasteiger partial charge in [-0.15, -0.1) is 0 Å². The Balaban J connectivity index is 1.39. The molecule has 200 valence electrons. The molecule has 0 aromatic heterocycles. The van der Waals surface area contributed by atoms with E-state index in [1.165, 1.54) is 0 Å². The van der Waals surface area contributed by atoms with E-state index in [-0.39, 0.29) is 11.8 Å². The Bertz CT molecular complexity index is 1060. The molecular weight excluding hydrogens is 466 g/mol. The lowest BCUT2D eigenvalue weighted by molar-refractivity contribution is -0.161. The summed E-state index contributed by atoms with van der Waals surface area (Å²) in [7, 11) is 1.66. The van der Waals surface area contributed by atoms with Crippen molar-refractivity contribution in [2.75, 3.05) is 26.7 Å². The van der Waals surface area contributed by atoms with Crippen LogP contribution in [0.25, 0.3) is 0 Å². The maximum Gasteiger partial charge on any atom is 0.246 e. The van der Waals surface area contributed by atoms with E-state index >= 15 is 0 Å². The topological polar surface area (TPSA) is 71.1 Å². The normalized spacial score (nSPS) is 19.8. The maximum absolute atomic E-state index is 13.4. The minimum Gasteiger partial charge on any atom is -0.493 e. The van der Waals surface area contributed by atoms with Crippen LogP contribution in [-0.4, -0.2) is 59.9 Å². The number of piperazine rings is 1. The van der Waals surface area contributed by atoms with Gasteiger partial charge < -0.3 is 19.7 Å². The second-order valence-electron chi connectivity index (χ2n) is 10.7. The second-order valence-corrected chi connectivity index (χ2v) is 10.7. The number of ether oxygens (including phenoxy) is 2. The first kappa shape index (κ1) is 27.0. The van der Waals surface area contributed by atoms with Gasteiger partial charge in [0, 0.05) is 26.2 Å². The maximum atomic E-state index is 13.4. The van der Waals surface area contributed by atoms with Gasteiger partial charge in [-0.1, -0.05) is 57.2 Å². The van der Waals surface area contributed by atoms with Gasteiger partial charge in [-0.3, -0.25) is 14.5 Å². The zero-order valence-electron chi connectivity index (χ0n) is 22.7. The van der Waals surface area contributed by atoms with Gasteiger partial charge in [0.25, 0.3) is 0 Å². The van der Waals surface area contributed by atoms with Gasteiger partial charge in [0.1, 0.15) is 18.2 Å². The summed E-state index contributed by atoms with van der Waals surface area (Å²) < 4.78 is 11.6. The third kappa shape index (κ3) is 6.09. The Morgan fingerprint density at radius 2 is 1.76 bits per heavy atom. The molecule has 0 bridgehead atoms. The van der Waals surface area contributed by atoms with Crippen LogP contribution in [0.2, 0.25) is 0 Å². The van der Waals surface area contributed by atoms with Crippen molar-refractivity contribution >= 4 is 11.8 Å². The van der Waals surface area contributed by atoms with E-state index in [0.717, 1.165) is 42.9 Å². The number of benzene rings is 2. The lowest BCUT2D eigenvalue weighted by Crippen LogP contribution is -2.73. The number of likely N-dealkylation sites (tertiary alicyclic amines) is 1. The molecule has 37 heavy (non-hydrogen) atoms. The molecule has 1 atom stereocenters. The fourth-order valence-electron chi connectivity index (χ4n) is 5.56. The number of carbonyl (C=O) groups is 2. The number of rotatable bonds is 10. The van der Waals surface area contributed by atoms with Crippen molar-refractivity contribution in [3.8, 4) is 11.5 Å². The summed E-state index contributed by atoms with van der Waals surface area (Å²) >= 11 is 0. The van der Waals surface area contributed by atoms with Gasteiger partial charge in [0.15, 0.2) is 11.5 Å². The molecule has 0 radical (unpaired) electrons. The Labute approximate surface area is 221 Å². The molecule has 2 aliphatic rings. The van der Waals surface area contributed by atoms with Crippen molar-refractivity contribution in [2.24, 2.45) is 5.92 Å². The summed E-state index contributed by atoms with van der Waals surface area (Å²) in [5, 5.41) is 3.08. The molecule has 0 aliphatic carbocycles. The standard InChI is InChI=1S/C30H41N3O4/c1-5-15-33-28(34)25(18-22(2)3)31-29(35)30(33)13-16-32(17-14-30)20-24-11-12-26(27(19-24)36-4)37-21-23-9-7-6-8-10-23/h6-12,19,22,25H,5,13-18,20-21H2,1-4H3,(H,31,35). The molecular formula is C30H41N3O4. The number of piperidine rings is 1. The minimum absolute atomic E-state index is 0.0208. The average Bonchev–Trinajstić information content (AvgIpc) is 2.90. The fourth-order valence-corrected chi connectivity index (χ4v) is 5.56. The van der Waals surface area contributed by atoms with Gasteiger partial charge in [-0.25, -0.2) is 0 Å². The van der Waals surface area contributed by atoms with Crippen LogP contribution < -0.4 is 14.8 Å². The van der Waals surface area contributed by atoms with Gasteiger partial charge in [-0.05, 0) is 54.9 Å². The van der Waals surface area contributed by atoms with Crippen molar-refractivity contribution in [2.45, 2.75) is 71.2 Å². The first-order valence-corrected chi connectivity index (χ1v) is 13.5. The molecule has 2 aliphatic heterocycles. The SMILES string of the molecule is CCCN1C(=O)C(CC(C)C)NC(=O)C12CCN(Cc1ccc(OCc3ccccc3)c(OC)c1)CC2. The molecule has 2 heterocycles. The lowest BCUT2D eigenvalue weighted by atomic mass is 9.80. The quantitative estimate of drug-likeness (QED) is 0.517. The number of methoxy groups -OCH3 is 1. The van der Waals surface area contributed by atoms with Crippen molar-refractivity contribution in [3.05, 3.63) is 59.7 Å². The summed E-state index contributed by atoms with van der Waals surface area (Å²) in [6, 6.07) is 15.7. The molecule has 2 amide bonds. The Hall–Kier alpha value is -3.06. The van der Waals surface area contributed by atoms with Crippen LogP contribution in [0.4, 0.5) is 0 Å². The van der Waals surface area contributed by atoms with E-state index in [1.807, 2.05) is 47.4 Å². The highest BCUT2D eigenvalue weighted by Crippen LogP contribution is 2.35. The Morgan fingerprint density at radius 1 is 1.03 bits per heavy atom. The molecule has 7 heteroatoms. The first-order valence-electron chi connectivity index (χ1n) is 13.5. The fraction of sp³-hybridized carbons (Fsp3) is 0.533. The largest absolute Gasteiger partial charge is 0.493 e. The van der Waals surface area contributed by atoms with Crippen LogP contribution in [0, 0.1) is 5.92 Å². The zero-order valence-corrected chi connectivity index (χ0v) is 22.7. The predicted octanol–water partition coefficient (Wildman–Crippen LogP) is 4.39. The van der Waals surface area contributed by atoms with Crippen LogP contribution in [-0.2, 0) is 22.7 Å². The van der Waals surface area contributed by atoms with Crippen LogP contribution >= 0.6 is 0 Å². The Kier molecular flexibility index (Phi) is 8.75. The van der Waals surface area contributed by atoms with E-state index < -0.39 is 11.6 Å². The number of amides is 2. The highest BCUT2D eigenvalue weighted by Gasteiger charge is 2.53. The number of hydrogen-bond acceptors (Lipinski definition) is 5. The molecule has 1 N–H and O–H groups in total. The number of nitrogens with one attached hydrogen (secondary N) is 1. The summed E-state index contributed by atoms with van der Waals surface area (Å²) in [5.74, 6) is 1.88. The van der Waals surface area contributed by atoms with E-state index in [0.29, 0.717) is 44.1 Å².